The Morgan fingerprint density at radius 1 is 1.39 bits per heavy atom. The van der Waals surface area contributed by atoms with Crippen molar-refractivity contribution in [2.45, 2.75) is 6.92 Å². The third-order valence-electron chi connectivity index (χ3n) is 2.53. The summed E-state index contributed by atoms with van der Waals surface area (Å²) in [5.74, 6) is -0.395. The van der Waals surface area contributed by atoms with E-state index in [4.69, 9.17) is 10.00 Å². The molecule has 0 saturated carbocycles. The summed E-state index contributed by atoms with van der Waals surface area (Å²) in [6, 6.07) is 9.55. The number of benzene rings is 1. The van der Waals surface area contributed by atoms with Gasteiger partial charge in [0.05, 0.1) is 23.4 Å². The smallest absolute Gasteiger partial charge is 0.332 e. The van der Waals surface area contributed by atoms with Gasteiger partial charge in [-0.15, -0.1) is 0 Å². The molecule has 0 aliphatic rings. The number of carbonyl (C=O) groups is 1. The van der Waals surface area contributed by atoms with Gasteiger partial charge in [-0.2, -0.15) is 5.26 Å². The van der Waals surface area contributed by atoms with Gasteiger partial charge in [0.2, 0.25) is 0 Å². The molecule has 1 N–H and O–H groups in total. The zero-order chi connectivity index (χ0) is 13.0. The quantitative estimate of drug-likeness (QED) is 0.790. The highest BCUT2D eigenvalue weighted by Gasteiger charge is 2.02. The van der Waals surface area contributed by atoms with E-state index in [2.05, 4.69) is 4.98 Å². The highest BCUT2D eigenvalue weighted by Crippen LogP contribution is 2.03. The van der Waals surface area contributed by atoms with Gasteiger partial charge in [-0.1, -0.05) is 24.3 Å². The average Bonchev–Trinajstić information content (AvgIpc) is 2.69. The van der Waals surface area contributed by atoms with Crippen molar-refractivity contribution in [1.82, 2.24) is 4.98 Å². The van der Waals surface area contributed by atoms with Crippen LogP contribution >= 0.6 is 0 Å². The molecule has 0 unspecified atom stereocenters. The highest BCUT2D eigenvalue weighted by molar-refractivity contribution is 6.02. The standard InChI is InChI=1S/C14H12N2O2/c1-2-18-14(17)9-13-11-6-4-3-5-10(11)12(16-13)7-8-15/h3-7,9,16H,2H2,1H3/b12-7-,13-9-. The number of H-pyrrole nitrogens is 1. The predicted octanol–water partition coefficient (Wildman–Crippen LogP) is 0.816. The molecule has 2 rings (SSSR count). The van der Waals surface area contributed by atoms with E-state index >= 15 is 0 Å². The number of esters is 1. The third-order valence-corrected chi connectivity index (χ3v) is 2.53. The number of nitrogens with zero attached hydrogens (tertiary/aromatic N) is 1. The summed E-state index contributed by atoms with van der Waals surface area (Å²) in [5, 5.41) is 11.9. The number of aromatic amines is 1. The normalized spacial score (nSPS) is 12.7. The molecule has 0 aliphatic carbocycles. The molecule has 1 heterocycles. The van der Waals surface area contributed by atoms with Crippen molar-refractivity contribution in [3.05, 3.63) is 35.0 Å². The van der Waals surface area contributed by atoms with E-state index in [1.54, 1.807) is 6.92 Å². The van der Waals surface area contributed by atoms with Gasteiger partial charge in [0.15, 0.2) is 0 Å². The largest absolute Gasteiger partial charge is 0.463 e. The molecule has 0 bridgehead atoms. The second-order valence-electron chi connectivity index (χ2n) is 3.67. The van der Waals surface area contributed by atoms with Crippen LogP contribution in [0.5, 0.6) is 0 Å². The van der Waals surface area contributed by atoms with Crippen molar-refractivity contribution in [1.29, 1.82) is 5.26 Å². The summed E-state index contributed by atoms with van der Waals surface area (Å²) in [4.78, 5) is 14.5. The molecule has 0 atom stereocenters. The third kappa shape index (κ3) is 2.25. The molecule has 0 aliphatic heterocycles. The van der Waals surface area contributed by atoms with Gasteiger partial charge in [-0.3, -0.25) is 0 Å². The summed E-state index contributed by atoms with van der Waals surface area (Å²) >= 11 is 0. The highest BCUT2D eigenvalue weighted by atomic mass is 16.5. The lowest BCUT2D eigenvalue weighted by atomic mass is 10.2. The van der Waals surface area contributed by atoms with E-state index in [9.17, 15) is 4.79 Å². The number of fused-ring (bicyclic) bond motifs is 1. The van der Waals surface area contributed by atoms with Crippen molar-refractivity contribution >= 4 is 28.9 Å². The first-order valence-electron chi connectivity index (χ1n) is 5.61. The van der Waals surface area contributed by atoms with Crippen LogP contribution in [0.3, 0.4) is 0 Å². The minimum Gasteiger partial charge on any atom is -0.463 e. The van der Waals surface area contributed by atoms with E-state index in [0.717, 1.165) is 10.8 Å². The van der Waals surface area contributed by atoms with Crippen molar-refractivity contribution < 1.29 is 9.53 Å². The van der Waals surface area contributed by atoms with Crippen molar-refractivity contribution in [2.24, 2.45) is 0 Å². The Bertz CT molecular complexity index is 735. The molecule has 0 radical (unpaired) electrons. The zero-order valence-corrected chi connectivity index (χ0v) is 9.93. The molecule has 1 aromatic heterocycles. The lowest BCUT2D eigenvalue weighted by molar-refractivity contribution is -0.135. The van der Waals surface area contributed by atoms with Gasteiger partial charge in [0.1, 0.15) is 0 Å². The molecule has 18 heavy (non-hydrogen) atoms. The maximum Gasteiger partial charge on any atom is 0.332 e. The second kappa shape index (κ2) is 5.19. The zero-order valence-electron chi connectivity index (χ0n) is 9.93. The Hall–Kier alpha value is -2.54. The molecular weight excluding hydrogens is 228 g/mol. The maximum atomic E-state index is 11.5. The van der Waals surface area contributed by atoms with Crippen LogP contribution in [0.1, 0.15) is 6.92 Å². The first-order valence-corrected chi connectivity index (χ1v) is 5.61. The predicted molar refractivity (Wildman–Crippen MR) is 68.7 cm³/mol. The first-order chi connectivity index (χ1) is 8.76. The van der Waals surface area contributed by atoms with E-state index in [1.165, 1.54) is 12.2 Å². The topological polar surface area (TPSA) is 65.9 Å². The second-order valence-corrected chi connectivity index (χ2v) is 3.67. The fraction of sp³-hybridized carbons (Fsp3) is 0.143. The molecule has 90 valence electrons. The minimum atomic E-state index is -0.395. The van der Waals surface area contributed by atoms with Crippen LogP contribution in [0, 0.1) is 11.3 Å². The Balaban J connectivity index is 2.70. The van der Waals surface area contributed by atoms with Crippen LogP contribution in [0.15, 0.2) is 24.3 Å². The van der Waals surface area contributed by atoms with Crippen molar-refractivity contribution in [2.75, 3.05) is 6.61 Å². The summed E-state index contributed by atoms with van der Waals surface area (Å²) in [6.45, 7) is 2.10. The van der Waals surface area contributed by atoms with Crippen molar-refractivity contribution in [3.8, 4) is 6.07 Å². The van der Waals surface area contributed by atoms with Gasteiger partial charge in [0.25, 0.3) is 0 Å². The first kappa shape index (κ1) is 11.9. The number of ether oxygens (including phenoxy) is 1. The van der Waals surface area contributed by atoms with Crippen LogP contribution in [0.25, 0.3) is 22.9 Å². The number of aromatic nitrogens is 1. The summed E-state index contributed by atoms with van der Waals surface area (Å²) in [7, 11) is 0. The summed E-state index contributed by atoms with van der Waals surface area (Å²) in [6.07, 6.45) is 2.82. The van der Waals surface area contributed by atoms with E-state index in [1.807, 2.05) is 30.3 Å². The van der Waals surface area contributed by atoms with Crippen LogP contribution in [-0.4, -0.2) is 17.6 Å². The van der Waals surface area contributed by atoms with Crippen LogP contribution in [0.2, 0.25) is 0 Å². The van der Waals surface area contributed by atoms with Crippen molar-refractivity contribution in [3.63, 3.8) is 0 Å². The minimum absolute atomic E-state index is 0.338. The molecule has 4 heteroatoms. The molecule has 0 spiro atoms. The number of hydrogen-bond donors (Lipinski definition) is 1. The maximum absolute atomic E-state index is 11.5. The number of nitrogens with one attached hydrogen (secondary N) is 1. The van der Waals surface area contributed by atoms with Gasteiger partial charge in [-0.05, 0) is 6.92 Å². The lowest BCUT2D eigenvalue weighted by Gasteiger charge is -1.93. The van der Waals surface area contributed by atoms with Gasteiger partial charge < -0.3 is 9.72 Å². The fourth-order valence-electron chi connectivity index (χ4n) is 1.83. The molecule has 0 fully saturated rings. The lowest BCUT2D eigenvalue weighted by Crippen LogP contribution is -2.13. The molecule has 2 aromatic rings. The molecule has 0 saturated heterocycles. The van der Waals surface area contributed by atoms with E-state index < -0.39 is 5.97 Å². The number of rotatable bonds is 2. The van der Waals surface area contributed by atoms with Crippen LogP contribution in [0.4, 0.5) is 0 Å². The fourth-order valence-corrected chi connectivity index (χ4v) is 1.83. The van der Waals surface area contributed by atoms with Gasteiger partial charge in [-0.25, -0.2) is 4.79 Å². The monoisotopic (exact) mass is 240 g/mol. The number of carbonyl (C=O) groups excluding carboxylic acids is 1. The summed E-state index contributed by atoms with van der Waals surface area (Å²) < 4.78 is 4.87. The van der Waals surface area contributed by atoms with E-state index in [0.29, 0.717) is 17.3 Å². The Kier molecular flexibility index (Phi) is 3.44. The van der Waals surface area contributed by atoms with Gasteiger partial charge >= 0.3 is 5.97 Å². The average molecular weight is 240 g/mol. The number of hydrogen-bond acceptors (Lipinski definition) is 3. The SMILES string of the molecule is CCOC(=O)/C=c1\[nH]/c(=C\C#N)c2ccccc12. The van der Waals surface area contributed by atoms with Crippen LogP contribution in [-0.2, 0) is 9.53 Å². The molecule has 4 nitrogen and oxygen atoms in total. The Labute approximate surface area is 104 Å². The van der Waals surface area contributed by atoms with Crippen LogP contribution < -0.4 is 10.7 Å². The number of nitriles is 1. The Morgan fingerprint density at radius 2 is 2.06 bits per heavy atom. The van der Waals surface area contributed by atoms with E-state index in [-0.39, 0.29) is 0 Å². The molecular formula is C14H12N2O2. The Morgan fingerprint density at radius 3 is 2.67 bits per heavy atom. The molecule has 0 amide bonds. The molecule has 1 aromatic carbocycles. The van der Waals surface area contributed by atoms with Gasteiger partial charge in [0, 0.05) is 22.9 Å². The summed E-state index contributed by atoms with van der Waals surface area (Å²) in [5.41, 5.74) is 0.